The van der Waals surface area contributed by atoms with Crippen molar-refractivity contribution in [1.29, 1.82) is 0 Å². The number of aromatic nitrogens is 3. The minimum atomic E-state index is -0.224. The first-order chi connectivity index (χ1) is 15.9. The third-order valence-corrected chi connectivity index (χ3v) is 5.96. The van der Waals surface area contributed by atoms with Gasteiger partial charge in [0.25, 0.3) is 0 Å². The Morgan fingerprint density at radius 3 is 2.39 bits per heavy atom. The summed E-state index contributed by atoms with van der Waals surface area (Å²) in [6, 6.07) is 12.2. The van der Waals surface area contributed by atoms with Crippen LogP contribution < -0.4 is 15.4 Å². The topological polar surface area (TPSA) is 98.1 Å². The highest BCUT2D eigenvalue weighted by Crippen LogP contribution is 2.23. The standard InChI is InChI=1S/C22H23Cl2N5O3S/c1-3-29-19(12-25-20(30)8-14-4-6-18(32-2)7-5-14)27-28-22(29)33-13-21(31)26-17-10-15(23)9-16(24)11-17/h4-7,9-11H,3,8,12-13H2,1-2H3,(H,25,30)(H,26,31). The van der Waals surface area contributed by atoms with Crippen molar-refractivity contribution in [2.75, 3.05) is 18.2 Å². The summed E-state index contributed by atoms with van der Waals surface area (Å²) in [5, 5.41) is 15.4. The van der Waals surface area contributed by atoms with E-state index in [1.807, 2.05) is 35.8 Å². The van der Waals surface area contributed by atoms with Gasteiger partial charge in [-0.2, -0.15) is 0 Å². The maximum atomic E-state index is 12.3. The second kappa shape index (κ2) is 11.9. The van der Waals surface area contributed by atoms with Crippen LogP contribution in [0.5, 0.6) is 5.75 Å². The summed E-state index contributed by atoms with van der Waals surface area (Å²) in [7, 11) is 1.60. The first-order valence-electron chi connectivity index (χ1n) is 10.1. The van der Waals surface area contributed by atoms with E-state index < -0.39 is 0 Å². The monoisotopic (exact) mass is 507 g/mol. The molecule has 0 atom stereocenters. The van der Waals surface area contributed by atoms with Crippen molar-refractivity contribution < 1.29 is 14.3 Å². The van der Waals surface area contributed by atoms with Crippen molar-refractivity contribution >= 4 is 52.5 Å². The minimum absolute atomic E-state index is 0.125. The molecule has 1 aromatic heterocycles. The average Bonchev–Trinajstić information content (AvgIpc) is 3.18. The predicted molar refractivity (Wildman–Crippen MR) is 130 cm³/mol. The van der Waals surface area contributed by atoms with Gasteiger partial charge in [0, 0.05) is 22.3 Å². The van der Waals surface area contributed by atoms with Crippen LogP contribution in [0.2, 0.25) is 10.0 Å². The van der Waals surface area contributed by atoms with E-state index in [4.69, 9.17) is 27.9 Å². The fourth-order valence-electron chi connectivity index (χ4n) is 3.00. The number of carbonyl (C=O) groups excluding carboxylic acids is 2. The van der Waals surface area contributed by atoms with Crippen molar-refractivity contribution in [1.82, 2.24) is 20.1 Å². The molecule has 2 aromatic carbocycles. The number of thioether (sulfide) groups is 1. The van der Waals surface area contributed by atoms with Gasteiger partial charge in [-0.05, 0) is 42.8 Å². The van der Waals surface area contributed by atoms with Gasteiger partial charge in [-0.15, -0.1) is 10.2 Å². The van der Waals surface area contributed by atoms with Crippen molar-refractivity contribution in [3.63, 3.8) is 0 Å². The number of carbonyl (C=O) groups is 2. The molecule has 0 saturated heterocycles. The van der Waals surface area contributed by atoms with Gasteiger partial charge in [-0.3, -0.25) is 9.59 Å². The second-order valence-corrected chi connectivity index (χ2v) is 8.75. The van der Waals surface area contributed by atoms with E-state index in [1.54, 1.807) is 25.3 Å². The molecule has 11 heteroatoms. The van der Waals surface area contributed by atoms with Crippen LogP contribution in [-0.4, -0.2) is 39.4 Å². The first-order valence-corrected chi connectivity index (χ1v) is 11.8. The molecule has 0 unspecified atom stereocenters. The van der Waals surface area contributed by atoms with E-state index in [1.165, 1.54) is 11.8 Å². The lowest BCUT2D eigenvalue weighted by Gasteiger charge is -2.09. The Balaban J connectivity index is 1.52. The quantitative estimate of drug-likeness (QED) is 0.399. The van der Waals surface area contributed by atoms with E-state index in [9.17, 15) is 9.59 Å². The lowest BCUT2D eigenvalue weighted by Crippen LogP contribution is -2.26. The number of nitrogens with zero attached hydrogens (tertiary/aromatic N) is 3. The van der Waals surface area contributed by atoms with Crippen LogP contribution in [0.15, 0.2) is 47.6 Å². The summed E-state index contributed by atoms with van der Waals surface area (Å²) >= 11 is 13.2. The Labute approximate surface area is 206 Å². The molecule has 2 N–H and O–H groups in total. The maximum absolute atomic E-state index is 12.3. The number of halogens is 2. The zero-order valence-electron chi connectivity index (χ0n) is 18.1. The number of nitrogens with one attached hydrogen (secondary N) is 2. The molecule has 2 amide bonds. The van der Waals surface area contributed by atoms with Crippen LogP contribution in [0.1, 0.15) is 18.3 Å². The van der Waals surface area contributed by atoms with Crippen molar-refractivity contribution in [2.24, 2.45) is 0 Å². The molecule has 0 saturated carbocycles. The molecule has 3 aromatic rings. The average molecular weight is 508 g/mol. The van der Waals surface area contributed by atoms with E-state index in [0.717, 1.165) is 11.3 Å². The normalized spacial score (nSPS) is 10.7. The minimum Gasteiger partial charge on any atom is -0.497 e. The molecule has 3 rings (SSSR count). The summed E-state index contributed by atoms with van der Waals surface area (Å²) in [6.07, 6.45) is 0.250. The molecule has 0 aliphatic heterocycles. The molecular formula is C22H23Cl2N5O3S. The van der Waals surface area contributed by atoms with E-state index in [0.29, 0.717) is 33.3 Å². The largest absolute Gasteiger partial charge is 0.497 e. The summed E-state index contributed by atoms with van der Waals surface area (Å²) in [5.74, 6) is 1.14. The van der Waals surface area contributed by atoms with Gasteiger partial charge in [0.2, 0.25) is 11.8 Å². The van der Waals surface area contributed by atoms with Gasteiger partial charge >= 0.3 is 0 Å². The lowest BCUT2D eigenvalue weighted by atomic mass is 10.1. The summed E-state index contributed by atoms with van der Waals surface area (Å²) < 4.78 is 6.99. The van der Waals surface area contributed by atoms with Crippen LogP contribution in [0.3, 0.4) is 0 Å². The molecule has 0 fully saturated rings. The van der Waals surface area contributed by atoms with E-state index in [2.05, 4.69) is 20.8 Å². The number of rotatable bonds is 10. The Morgan fingerprint density at radius 1 is 1.06 bits per heavy atom. The molecule has 0 aliphatic carbocycles. The first kappa shape index (κ1) is 24.9. The summed E-state index contributed by atoms with van der Waals surface area (Å²) in [5.41, 5.74) is 1.41. The highest BCUT2D eigenvalue weighted by atomic mass is 35.5. The number of amides is 2. The van der Waals surface area contributed by atoms with Gasteiger partial charge in [-0.1, -0.05) is 47.1 Å². The van der Waals surface area contributed by atoms with Gasteiger partial charge in [0.1, 0.15) is 5.75 Å². The number of methoxy groups -OCH3 is 1. The number of hydrogen-bond donors (Lipinski definition) is 2. The van der Waals surface area contributed by atoms with E-state index in [-0.39, 0.29) is 30.5 Å². The number of hydrogen-bond acceptors (Lipinski definition) is 6. The molecule has 174 valence electrons. The fourth-order valence-corrected chi connectivity index (χ4v) is 4.34. The van der Waals surface area contributed by atoms with Crippen molar-refractivity contribution in [2.45, 2.75) is 31.6 Å². The fraction of sp³-hybridized carbons (Fsp3) is 0.273. The van der Waals surface area contributed by atoms with Crippen LogP contribution in [0.4, 0.5) is 5.69 Å². The Hall–Kier alpha value is -2.75. The van der Waals surface area contributed by atoms with Gasteiger partial charge in [0.15, 0.2) is 11.0 Å². The molecule has 0 spiro atoms. The molecule has 33 heavy (non-hydrogen) atoms. The highest BCUT2D eigenvalue weighted by molar-refractivity contribution is 7.99. The zero-order chi connectivity index (χ0) is 23.8. The van der Waals surface area contributed by atoms with E-state index >= 15 is 0 Å². The predicted octanol–water partition coefficient (Wildman–Crippen LogP) is 4.20. The number of benzene rings is 2. The van der Waals surface area contributed by atoms with Crippen LogP contribution in [0, 0.1) is 0 Å². The van der Waals surface area contributed by atoms with Crippen LogP contribution >= 0.6 is 35.0 Å². The van der Waals surface area contributed by atoms with Gasteiger partial charge < -0.3 is 19.9 Å². The lowest BCUT2D eigenvalue weighted by molar-refractivity contribution is -0.120. The SMILES string of the molecule is CCn1c(CNC(=O)Cc2ccc(OC)cc2)nnc1SCC(=O)Nc1cc(Cl)cc(Cl)c1. The van der Waals surface area contributed by atoms with Crippen LogP contribution in [0.25, 0.3) is 0 Å². The third-order valence-electron chi connectivity index (χ3n) is 4.56. The molecule has 0 radical (unpaired) electrons. The summed E-state index contributed by atoms with van der Waals surface area (Å²) in [6.45, 7) is 2.79. The highest BCUT2D eigenvalue weighted by Gasteiger charge is 2.14. The molecule has 1 heterocycles. The van der Waals surface area contributed by atoms with Crippen LogP contribution in [-0.2, 0) is 29.1 Å². The third kappa shape index (κ3) is 7.38. The number of ether oxygens (including phenoxy) is 1. The molecular weight excluding hydrogens is 485 g/mol. The Bertz CT molecular complexity index is 1100. The molecule has 0 aliphatic rings. The Kier molecular flexibility index (Phi) is 8.99. The van der Waals surface area contributed by atoms with Gasteiger partial charge in [0.05, 0.1) is 25.8 Å². The van der Waals surface area contributed by atoms with Gasteiger partial charge in [-0.25, -0.2) is 0 Å². The maximum Gasteiger partial charge on any atom is 0.234 e. The number of anilines is 1. The zero-order valence-corrected chi connectivity index (χ0v) is 20.4. The summed E-state index contributed by atoms with van der Waals surface area (Å²) in [4.78, 5) is 24.6. The van der Waals surface area contributed by atoms with Crippen molar-refractivity contribution in [3.05, 3.63) is 63.9 Å². The smallest absolute Gasteiger partial charge is 0.234 e. The second-order valence-electron chi connectivity index (χ2n) is 6.94. The Morgan fingerprint density at radius 2 is 1.76 bits per heavy atom. The van der Waals surface area contributed by atoms with Crippen molar-refractivity contribution in [3.8, 4) is 5.75 Å². The molecule has 0 bridgehead atoms. The molecule has 8 nitrogen and oxygen atoms in total.